The zero-order valence-corrected chi connectivity index (χ0v) is 38.6. The second-order valence-corrected chi connectivity index (χ2v) is 19.9. The highest BCUT2D eigenvalue weighted by Crippen LogP contribution is 2.57. The first-order valence-electron chi connectivity index (χ1n) is 22.5. The number of fused-ring (bicyclic) bond motifs is 3. The predicted molar refractivity (Wildman–Crippen MR) is 244 cm³/mol. The van der Waals surface area contributed by atoms with Crippen LogP contribution in [0, 0.1) is 11.2 Å². The number of hydrogen-bond acceptors (Lipinski definition) is 10. The SMILES string of the molecule is COc1cc(C(=O)N2CCN(Cc3ccc4c(c3)CN(C3CCC(=O)NC3=O)C4=O)CC2)ccc1NC(=O)[C@@H]1N[C@@H](CC(C)(C)C)[C@@]2(CNc3cc(C(F)(F)F)ncc32)[C@H]1c1cccc(Cl)c1F. The fourth-order valence-corrected chi connectivity index (χ4v) is 10.9. The smallest absolute Gasteiger partial charge is 0.433 e. The van der Waals surface area contributed by atoms with E-state index in [1.807, 2.05) is 32.9 Å². The van der Waals surface area contributed by atoms with Gasteiger partial charge in [-0.3, -0.25) is 39.2 Å². The van der Waals surface area contributed by atoms with E-state index >= 15 is 4.39 Å². The number of methoxy groups -OCH3 is 1. The normalized spacial score (nSPS) is 23.9. The molecule has 0 radical (unpaired) electrons. The molecule has 6 heterocycles. The van der Waals surface area contributed by atoms with Crippen molar-refractivity contribution in [2.24, 2.45) is 5.41 Å². The number of nitrogens with zero attached hydrogens (tertiary/aromatic N) is 4. The fraction of sp³-hybridized carbons (Fsp3) is 0.429. The van der Waals surface area contributed by atoms with Gasteiger partial charge in [0.2, 0.25) is 17.7 Å². The van der Waals surface area contributed by atoms with E-state index in [2.05, 4.69) is 31.2 Å². The van der Waals surface area contributed by atoms with Crippen molar-refractivity contribution in [2.45, 2.75) is 88.8 Å². The molecule has 5 atom stereocenters. The maximum Gasteiger partial charge on any atom is 0.433 e. The monoisotopic (exact) mass is 958 g/mol. The third-order valence-corrected chi connectivity index (χ3v) is 14.2. The molecule has 358 valence electrons. The van der Waals surface area contributed by atoms with E-state index in [0.717, 1.165) is 17.2 Å². The number of imide groups is 1. The van der Waals surface area contributed by atoms with Gasteiger partial charge in [0.25, 0.3) is 11.8 Å². The number of halogens is 5. The molecular formula is C49H51ClF4N8O6. The molecular weight excluding hydrogens is 908 g/mol. The minimum Gasteiger partial charge on any atom is -0.495 e. The number of amides is 5. The molecule has 5 aliphatic rings. The lowest BCUT2D eigenvalue weighted by atomic mass is 9.63. The molecule has 1 aromatic heterocycles. The Balaban J connectivity index is 0.902. The van der Waals surface area contributed by atoms with Crippen molar-refractivity contribution < 1.29 is 46.3 Å². The van der Waals surface area contributed by atoms with Gasteiger partial charge in [0.05, 0.1) is 23.9 Å². The molecule has 0 bridgehead atoms. The number of piperidine rings is 1. The minimum absolute atomic E-state index is 0.0804. The molecule has 3 aromatic carbocycles. The Morgan fingerprint density at radius 2 is 1.76 bits per heavy atom. The molecule has 5 amide bonds. The Hall–Kier alpha value is -6.11. The third kappa shape index (κ3) is 8.66. The van der Waals surface area contributed by atoms with Gasteiger partial charge < -0.3 is 30.5 Å². The van der Waals surface area contributed by atoms with Crippen LogP contribution in [-0.2, 0) is 39.1 Å². The van der Waals surface area contributed by atoms with Crippen LogP contribution in [0.5, 0.6) is 5.75 Å². The van der Waals surface area contributed by atoms with Gasteiger partial charge in [-0.2, -0.15) is 13.2 Å². The summed E-state index contributed by atoms with van der Waals surface area (Å²) >= 11 is 6.36. The molecule has 3 saturated heterocycles. The van der Waals surface area contributed by atoms with Crippen LogP contribution in [0.2, 0.25) is 5.02 Å². The number of benzene rings is 3. The third-order valence-electron chi connectivity index (χ3n) is 13.9. The predicted octanol–water partition coefficient (Wildman–Crippen LogP) is 6.48. The first kappa shape index (κ1) is 47.0. The lowest BCUT2D eigenvalue weighted by molar-refractivity contribution is -0.141. The van der Waals surface area contributed by atoms with Crippen molar-refractivity contribution in [2.75, 3.05) is 50.5 Å². The van der Waals surface area contributed by atoms with Gasteiger partial charge >= 0.3 is 6.18 Å². The van der Waals surface area contributed by atoms with Gasteiger partial charge in [-0.1, -0.05) is 56.6 Å². The van der Waals surface area contributed by atoms with Crippen LogP contribution in [0.15, 0.2) is 66.9 Å². The molecule has 68 heavy (non-hydrogen) atoms. The van der Waals surface area contributed by atoms with Crippen molar-refractivity contribution in [3.8, 4) is 5.75 Å². The molecule has 4 aromatic rings. The number of carbonyl (C=O) groups is 5. The second kappa shape index (κ2) is 17.8. The Kier molecular flexibility index (Phi) is 12.3. The maximum atomic E-state index is 16.3. The largest absolute Gasteiger partial charge is 0.495 e. The molecule has 3 fully saturated rings. The number of piperazine rings is 1. The molecule has 1 spiro atoms. The number of ether oxygens (including phenoxy) is 1. The summed E-state index contributed by atoms with van der Waals surface area (Å²) in [6.45, 7) is 9.00. The molecule has 0 aliphatic carbocycles. The molecule has 14 nitrogen and oxygen atoms in total. The Labute approximate surface area is 395 Å². The summed E-state index contributed by atoms with van der Waals surface area (Å²) in [5.74, 6) is -3.34. The van der Waals surface area contributed by atoms with Crippen LogP contribution in [0.25, 0.3) is 0 Å². The highest BCUT2D eigenvalue weighted by molar-refractivity contribution is 6.30. The van der Waals surface area contributed by atoms with Gasteiger partial charge in [0.1, 0.15) is 23.3 Å². The van der Waals surface area contributed by atoms with Gasteiger partial charge in [0.15, 0.2) is 0 Å². The maximum absolute atomic E-state index is 16.3. The Bertz CT molecular complexity index is 2720. The van der Waals surface area contributed by atoms with Crippen LogP contribution in [0.3, 0.4) is 0 Å². The van der Waals surface area contributed by atoms with Crippen LogP contribution in [0.4, 0.5) is 28.9 Å². The van der Waals surface area contributed by atoms with E-state index in [4.69, 9.17) is 16.3 Å². The van der Waals surface area contributed by atoms with Crippen molar-refractivity contribution in [1.82, 2.24) is 30.3 Å². The molecule has 4 N–H and O–H groups in total. The van der Waals surface area contributed by atoms with Crippen LogP contribution in [-0.4, -0.2) is 107 Å². The van der Waals surface area contributed by atoms with E-state index in [1.165, 1.54) is 24.3 Å². The number of hydrogen-bond donors (Lipinski definition) is 4. The van der Waals surface area contributed by atoms with Crippen LogP contribution >= 0.6 is 11.6 Å². The summed E-state index contributed by atoms with van der Waals surface area (Å²) in [7, 11) is 1.41. The second-order valence-electron chi connectivity index (χ2n) is 19.5. The number of pyridine rings is 1. The highest BCUT2D eigenvalue weighted by atomic mass is 35.5. The summed E-state index contributed by atoms with van der Waals surface area (Å²) in [6.07, 6.45) is -2.60. The van der Waals surface area contributed by atoms with Crippen molar-refractivity contribution in [3.05, 3.63) is 117 Å². The van der Waals surface area contributed by atoms with Crippen molar-refractivity contribution in [3.63, 3.8) is 0 Å². The number of aromatic nitrogens is 1. The fourth-order valence-electron chi connectivity index (χ4n) is 10.7. The lowest BCUT2D eigenvalue weighted by Gasteiger charge is -2.39. The highest BCUT2D eigenvalue weighted by Gasteiger charge is 2.62. The van der Waals surface area contributed by atoms with Crippen LogP contribution < -0.4 is 26.0 Å². The zero-order chi connectivity index (χ0) is 48.4. The Morgan fingerprint density at radius 3 is 2.47 bits per heavy atom. The first-order valence-corrected chi connectivity index (χ1v) is 22.9. The summed E-state index contributed by atoms with van der Waals surface area (Å²) in [4.78, 5) is 75.3. The Morgan fingerprint density at radius 1 is 1.00 bits per heavy atom. The molecule has 0 saturated carbocycles. The summed E-state index contributed by atoms with van der Waals surface area (Å²) in [6, 6.07) is 13.5. The van der Waals surface area contributed by atoms with Gasteiger partial charge in [-0.05, 0) is 71.3 Å². The van der Waals surface area contributed by atoms with E-state index in [1.54, 1.807) is 41.3 Å². The van der Waals surface area contributed by atoms with Crippen LogP contribution in [0.1, 0.15) is 94.6 Å². The number of carbonyl (C=O) groups excluding carboxylic acids is 5. The zero-order valence-electron chi connectivity index (χ0n) is 37.9. The van der Waals surface area contributed by atoms with Crippen molar-refractivity contribution in [1.29, 1.82) is 0 Å². The standard InChI is InChI=1S/C49H51ClF4N8O6/c1-47(2,3)21-38-48(25-56-34-20-37(49(52,53)54)55-22-31(34)48)40(30-6-5-7-32(50)41(30)51)42(58-38)44(65)57-33-11-9-27(19-36(33)68-4)45(66)61-16-14-60(15-17-61)23-26-8-10-29-28(18-26)24-62(46(29)67)35-12-13-39(63)59-43(35)64/h5-11,18-20,22,35,38,40,42,56,58H,12-17,21,23-25H2,1-4H3,(H,57,65)(H,59,63,64)/t35?,38-,40-,42+,48-/m0/s1. The van der Waals surface area contributed by atoms with E-state index in [0.29, 0.717) is 55.8 Å². The number of anilines is 2. The number of rotatable bonds is 9. The summed E-state index contributed by atoms with van der Waals surface area (Å²) in [5, 5.41) is 11.7. The number of alkyl halides is 3. The lowest BCUT2D eigenvalue weighted by Crippen LogP contribution is -2.52. The van der Waals surface area contributed by atoms with Gasteiger partial charge in [-0.15, -0.1) is 0 Å². The average molecular weight is 959 g/mol. The molecule has 19 heteroatoms. The molecule has 5 aliphatic heterocycles. The quantitative estimate of drug-likeness (QED) is 0.108. The van der Waals surface area contributed by atoms with Gasteiger partial charge in [-0.25, -0.2) is 4.39 Å². The first-order chi connectivity index (χ1) is 32.2. The van der Waals surface area contributed by atoms with Crippen molar-refractivity contribution >= 4 is 52.5 Å². The summed E-state index contributed by atoms with van der Waals surface area (Å²) < 4.78 is 63.6. The van der Waals surface area contributed by atoms with E-state index < -0.39 is 59.0 Å². The van der Waals surface area contributed by atoms with E-state index in [-0.39, 0.29) is 76.8 Å². The van der Waals surface area contributed by atoms with Gasteiger partial charge in [0, 0.05) is 98.2 Å². The minimum atomic E-state index is -4.70. The van der Waals surface area contributed by atoms with E-state index in [9.17, 15) is 37.1 Å². The molecule has 1 unspecified atom stereocenters. The topological polar surface area (TPSA) is 165 Å². The number of nitrogens with one attached hydrogen (secondary N) is 4. The molecule has 9 rings (SSSR count). The summed E-state index contributed by atoms with van der Waals surface area (Å²) in [5.41, 5.74) is 1.10. The average Bonchev–Trinajstić information content (AvgIpc) is 3.94.